The van der Waals surface area contributed by atoms with Crippen LogP contribution >= 0.6 is 11.6 Å². The number of nitrogens with zero attached hydrogens (tertiary/aromatic N) is 1. The van der Waals surface area contributed by atoms with Gasteiger partial charge in [0, 0.05) is 23.8 Å². The highest BCUT2D eigenvalue weighted by Crippen LogP contribution is 2.31. The van der Waals surface area contributed by atoms with Crippen LogP contribution in [0, 0.1) is 12.8 Å². The molecule has 0 radical (unpaired) electrons. The van der Waals surface area contributed by atoms with Gasteiger partial charge in [0.15, 0.2) is 0 Å². The largest absolute Gasteiger partial charge is 0.398 e. The minimum Gasteiger partial charge on any atom is -0.398 e. The Kier molecular flexibility index (Phi) is 4.62. The normalized spacial score (nSPS) is 20.4. The molecule has 6 heteroatoms. The predicted molar refractivity (Wildman–Crippen MR) is 82.4 cm³/mol. The molecule has 1 aliphatic heterocycles. The standard InChI is InChI=1S/C14H21ClN2O2S/c1-3-4-11-5-6-17(9-11)20(18,19)12-7-13(15)10(2)14(16)8-12/h7-8,11H,3-6,9,16H2,1-2H3. The summed E-state index contributed by atoms with van der Waals surface area (Å²) >= 11 is 6.05. The first-order valence-corrected chi connectivity index (χ1v) is 8.73. The summed E-state index contributed by atoms with van der Waals surface area (Å²) in [6.45, 7) is 5.08. The Morgan fingerprint density at radius 2 is 2.15 bits per heavy atom. The van der Waals surface area contributed by atoms with Crippen LogP contribution in [0.3, 0.4) is 0 Å². The Labute approximate surface area is 126 Å². The number of sulfonamides is 1. The predicted octanol–water partition coefficient (Wildman–Crippen LogP) is 3.04. The molecule has 112 valence electrons. The molecule has 1 fully saturated rings. The van der Waals surface area contributed by atoms with E-state index in [9.17, 15) is 8.42 Å². The summed E-state index contributed by atoms with van der Waals surface area (Å²) in [5, 5.41) is 0.396. The highest BCUT2D eigenvalue weighted by molar-refractivity contribution is 7.89. The summed E-state index contributed by atoms with van der Waals surface area (Å²) in [6, 6.07) is 3.00. The summed E-state index contributed by atoms with van der Waals surface area (Å²) in [4.78, 5) is 0.197. The number of halogens is 1. The van der Waals surface area contributed by atoms with Gasteiger partial charge < -0.3 is 5.73 Å². The van der Waals surface area contributed by atoms with E-state index in [1.165, 1.54) is 12.1 Å². The summed E-state index contributed by atoms with van der Waals surface area (Å²) in [6.07, 6.45) is 3.09. The molecule has 0 bridgehead atoms. The minimum absolute atomic E-state index is 0.197. The lowest BCUT2D eigenvalue weighted by molar-refractivity contribution is 0.444. The van der Waals surface area contributed by atoms with Gasteiger partial charge in [-0.05, 0) is 43.4 Å². The van der Waals surface area contributed by atoms with Gasteiger partial charge in [-0.2, -0.15) is 4.31 Å². The smallest absolute Gasteiger partial charge is 0.243 e. The van der Waals surface area contributed by atoms with Crippen molar-refractivity contribution in [2.24, 2.45) is 5.92 Å². The quantitative estimate of drug-likeness (QED) is 0.868. The SMILES string of the molecule is CCCC1CCN(S(=O)(=O)c2cc(N)c(C)c(Cl)c2)C1. The highest BCUT2D eigenvalue weighted by Gasteiger charge is 2.32. The molecule has 1 aromatic carbocycles. The summed E-state index contributed by atoms with van der Waals surface area (Å²) in [5.41, 5.74) is 6.96. The first kappa shape index (κ1) is 15.6. The van der Waals surface area contributed by atoms with Crippen LogP contribution in [0.1, 0.15) is 31.7 Å². The number of anilines is 1. The van der Waals surface area contributed by atoms with Crippen LogP contribution in [0.2, 0.25) is 5.02 Å². The monoisotopic (exact) mass is 316 g/mol. The lowest BCUT2D eigenvalue weighted by Gasteiger charge is -2.17. The van der Waals surface area contributed by atoms with Crippen molar-refractivity contribution in [1.82, 2.24) is 4.31 Å². The van der Waals surface area contributed by atoms with Crippen molar-refractivity contribution in [3.8, 4) is 0 Å². The average molecular weight is 317 g/mol. The molecule has 4 nitrogen and oxygen atoms in total. The first-order valence-electron chi connectivity index (χ1n) is 6.92. The Balaban J connectivity index is 2.28. The van der Waals surface area contributed by atoms with Gasteiger partial charge in [-0.25, -0.2) is 8.42 Å². The van der Waals surface area contributed by atoms with Crippen LogP contribution in [0.5, 0.6) is 0 Å². The Hall–Kier alpha value is -0.780. The molecule has 1 aromatic rings. The first-order chi connectivity index (χ1) is 9.36. The number of hydrogen-bond donors (Lipinski definition) is 1. The molecule has 1 aliphatic rings. The molecule has 0 saturated carbocycles. The van der Waals surface area contributed by atoms with E-state index in [0.29, 0.717) is 29.7 Å². The fraction of sp³-hybridized carbons (Fsp3) is 0.571. The van der Waals surface area contributed by atoms with E-state index >= 15 is 0 Å². The molecule has 2 N–H and O–H groups in total. The van der Waals surface area contributed by atoms with Crippen LogP contribution in [0.15, 0.2) is 17.0 Å². The zero-order chi connectivity index (χ0) is 14.9. The number of nitrogen functional groups attached to an aromatic ring is 1. The van der Waals surface area contributed by atoms with Crippen molar-refractivity contribution >= 4 is 27.3 Å². The second kappa shape index (κ2) is 5.92. The van der Waals surface area contributed by atoms with E-state index in [0.717, 1.165) is 24.8 Å². The maximum atomic E-state index is 12.6. The summed E-state index contributed by atoms with van der Waals surface area (Å²) in [7, 11) is -3.48. The maximum Gasteiger partial charge on any atom is 0.243 e. The molecular weight excluding hydrogens is 296 g/mol. The van der Waals surface area contributed by atoms with Crippen molar-refractivity contribution in [2.45, 2.75) is 38.0 Å². The lowest BCUT2D eigenvalue weighted by atomic mass is 10.0. The van der Waals surface area contributed by atoms with E-state index in [4.69, 9.17) is 17.3 Å². The van der Waals surface area contributed by atoms with Gasteiger partial charge >= 0.3 is 0 Å². The van der Waals surface area contributed by atoms with Crippen molar-refractivity contribution in [3.63, 3.8) is 0 Å². The zero-order valence-corrected chi connectivity index (χ0v) is 13.5. The van der Waals surface area contributed by atoms with Crippen molar-refractivity contribution in [3.05, 3.63) is 22.7 Å². The molecule has 1 unspecified atom stereocenters. The van der Waals surface area contributed by atoms with Crippen LogP contribution in [-0.4, -0.2) is 25.8 Å². The van der Waals surface area contributed by atoms with Gasteiger partial charge in [0.2, 0.25) is 10.0 Å². The Bertz CT molecular complexity index is 578. The van der Waals surface area contributed by atoms with Gasteiger partial charge in [-0.3, -0.25) is 0 Å². The average Bonchev–Trinajstić information content (AvgIpc) is 2.85. The van der Waals surface area contributed by atoms with Crippen LogP contribution in [0.25, 0.3) is 0 Å². The molecule has 1 atom stereocenters. The molecule has 1 heterocycles. The molecule has 0 aliphatic carbocycles. The second-order valence-electron chi connectivity index (χ2n) is 5.43. The van der Waals surface area contributed by atoms with Crippen molar-refractivity contribution < 1.29 is 8.42 Å². The van der Waals surface area contributed by atoms with Gasteiger partial charge in [0.25, 0.3) is 0 Å². The number of nitrogens with two attached hydrogens (primary N) is 1. The second-order valence-corrected chi connectivity index (χ2v) is 7.77. The van der Waals surface area contributed by atoms with Crippen molar-refractivity contribution in [1.29, 1.82) is 0 Å². The third kappa shape index (κ3) is 2.95. The van der Waals surface area contributed by atoms with E-state index in [-0.39, 0.29) is 4.90 Å². The van der Waals surface area contributed by atoms with Gasteiger partial charge in [-0.1, -0.05) is 24.9 Å². The molecule has 1 saturated heterocycles. The molecule has 0 spiro atoms. The van der Waals surface area contributed by atoms with E-state index in [2.05, 4.69) is 6.92 Å². The number of hydrogen-bond acceptors (Lipinski definition) is 3. The molecule has 0 aromatic heterocycles. The fourth-order valence-corrected chi connectivity index (χ4v) is 4.52. The van der Waals surface area contributed by atoms with Gasteiger partial charge in [-0.15, -0.1) is 0 Å². The fourth-order valence-electron chi connectivity index (χ4n) is 2.63. The Morgan fingerprint density at radius 1 is 1.45 bits per heavy atom. The third-order valence-corrected chi connectivity index (χ3v) is 6.18. The van der Waals surface area contributed by atoms with Crippen LogP contribution in [0.4, 0.5) is 5.69 Å². The number of benzene rings is 1. The zero-order valence-electron chi connectivity index (χ0n) is 11.9. The van der Waals surface area contributed by atoms with Gasteiger partial charge in [0.05, 0.1) is 4.90 Å². The van der Waals surface area contributed by atoms with Crippen LogP contribution in [-0.2, 0) is 10.0 Å². The summed E-state index contributed by atoms with van der Waals surface area (Å²) in [5.74, 6) is 0.466. The van der Waals surface area contributed by atoms with E-state index in [1.54, 1.807) is 11.2 Å². The highest BCUT2D eigenvalue weighted by atomic mass is 35.5. The topological polar surface area (TPSA) is 63.4 Å². The molecule has 0 amide bonds. The molecular formula is C14H21ClN2O2S. The number of rotatable bonds is 4. The third-order valence-electron chi connectivity index (χ3n) is 3.94. The van der Waals surface area contributed by atoms with Gasteiger partial charge in [0.1, 0.15) is 0 Å². The van der Waals surface area contributed by atoms with Crippen LogP contribution < -0.4 is 5.73 Å². The summed E-state index contributed by atoms with van der Waals surface area (Å²) < 4.78 is 26.8. The molecule has 20 heavy (non-hydrogen) atoms. The van der Waals surface area contributed by atoms with E-state index < -0.39 is 10.0 Å². The van der Waals surface area contributed by atoms with E-state index in [1.807, 2.05) is 0 Å². The Morgan fingerprint density at radius 3 is 2.75 bits per heavy atom. The maximum absolute atomic E-state index is 12.6. The minimum atomic E-state index is -3.48. The van der Waals surface area contributed by atoms with Crippen molar-refractivity contribution in [2.75, 3.05) is 18.8 Å². The lowest BCUT2D eigenvalue weighted by Crippen LogP contribution is -2.29. The molecule has 2 rings (SSSR count).